The Morgan fingerprint density at radius 1 is 1.04 bits per heavy atom. The van der Waals surface area contributed by atoms with Crippen LogP contribution >= 0.6 is 0 Å². The zero-order chi connectivity index (χ0) is 16.9. The predicted octanol–water partition coefficient (Wildman–Crippen LogP) is 4.10. The van der Waals surface area contributed by atoms with Crippen molar-refractivity contribution in [3.8, 4) is 0 Å². The van der Waals surface area contributed by atoms with Crippen LogP contribution in [0.25, 0.3) is 0 Å². The Hall–Kier alpha value is -1.22. The third-order valence-corrected chi connectivity index (χ3v) is 7.63. The van der Waals surface area contributed by atoms with Crippen LogP contribution in [0.3, 0.4) is 0 Å². The number of nitrogen functional groups attached to an aromatic ring is 2. The molecule has 1 unspecified atom stereocenters. The van der Waals surface area contributed by atoms with E-state index in [1.807, 2.05) is 12.1 Å². The fourth-order valence-corrected chi connectivity index (χ4v) is 5.72. The van der Waals surface area contributed by atoms with Gasteiger partial charge >= 0.3 is 0 Å². The average molecular weight is 328 g/mol. The Balaban J connectivity index is 1.30. The minimum Gasteiger partial charge on any atom is -0.397 e. The zero-order valence-corrected chi connectivity index (χ0v) is 15.3. The van der Waals surface area contributed by atoms with Gasteiger partial charge in [-0.3, -0.25) is 0 Å². The van der Waals surface area contributed by atoms with E-state index in [0.29, 0.717) is 11.3 Å². The van der Waals surface area contributed by atoms with E-state index in [0.717, 1.165) is 29.1 Å². The van der Waals surface area contributed by atoms with Gasteiger partial charge in [-0.1, -0.05) is 26.0 Å². The van der Waals surface area contributed by atoms with Crippen molar-refractivity contribution in [3.63, 3.8) is 0 Å². The Labute approximate surface area is 146 Å². The van der Waals surface area contributed by atoms with Crippen molar-refractivity contribution in [1.82, 2.24) is 4.90 Å². The van der Waals surface area contributed by atoms with Crippen molar-refractivity contribution < 1.29 is 0 Å². The average Bonchev–Trinajstić information content (AvgIpc) is 2.58. The first-order chi connectivity index (χ1) is 11.4. The number of para-hydroxylation sites is 1. The molecule has 1 aromatic carbocycles. The normalized spacial score (nSPS) is 33.2. The van der Waals surface area contributed by atoms with Gasteiger partial charge in [-0.15, -0.1) is 0 Å². The molecule has 1 aliphatic heterocycles. The summed E-state index contributed by atoms with van der Waals surface area (Å²) in [6.07, 6.45) is 6.87. The number of fused-ring (bicyclic) bond motifs is 2. The summed E-state index contributed by atoms with van der Waals surface area (Å²) in [7, 11) is 0. The lowest BCUT2D eigenvalue weighted by molar-refractivity contribution is -0.0951. The summed E-state index contributed by atoms with van der Waals surface area (Å²) in [6.45, 7) is 8.73. The van der Waals surface area contributed by atoms with Crippen LogP contribution < -0.4 is 11.5 Å². The van der Waals surface area contributed by atoms with E-state index in [4.69, 9.17) is 11.5 Å². The smallest absolute Gasteiger partial charge is 0.0583 e. The maximum Gasteiger partial charge on any atom is 0.0583 e. The number of nitrogens with zero attached hydrogens (tertiary/aromatic N) is 1. The molecule has 4 N–H and O–H groups in total. The number of likely N-dealkylation sites (tertiary alicyclic amines) is 1. The lowest BCUT2D eigenvalue weighted by Gasteiger charge is -2.59. The molecule has 3 saturated carbocycles. The lowest BCUT2D eigenvalue weighted by Crippen LogP contribution is -2.52. The number of anilines is 2. The van der Waals surface area contributed by atoms with Crippen molar-refractivity contribution in [1.29, 1.82) is 0 Å². The molecule has 3 heteroatoms. The second-order valence-electron chi connectivity index (χ2n) is 9.21. The summed E-state index contributed by atoms with van der Waals surface area (Å²) in [5.41, 5.74) is 15.6. The van der Waals surface area contributed by atoms with Gasteiger partial charge in [0, 0.05) is 6.54 Å². The second kappa shape index (κ2) is 5.94. The number of piperidine rings is 1. The third-order valence-electron chi connectivity index (χ3n) is 7.63. The minimum absolute atomic E-state index is 0.587. The lowest BCUT2D eigenvalue weighted by atomic mass is 9.47. The van der Waals surface area contributed by atoms with Gasteiger partial charge in [-0.25, -0.2) is 0 Å². The van der Waals surface area contributed by atoms with Crippen molar-refractivity contribution >= 4 is 11.4 Å². The van der Waals surface area contributed by atoms with Crippen molar-refractivity contribution in [2.75, 3.05) is 31.1 Å². The molecule has 3 nitrogen and oxygen atoms in total. The van der Waals surface area contributed by atoms with Crippen LogP contribution in [0.5, 0.6) is 0 Å². The van der Waals surface area contributed by atoms with Crippen LogP contribution in [0.4, 0.5) is 11.4 Å². The fraction of sp³-hybridized carbons (Fsp3) is 0.714. The van der Waals surface area contributed by atoms with Gasteiger partial charge in [-0.05, 0) is 85.9 Å². The highest BCUT2D eigenvalue weighted by molar-refractivity contribution is 5.68. The summed E-state index contributed by atoms with van der Waals surface area (Å²) in [5, 5.41) is 0. The fourth-order valence-electron chi connectivity index (χ4n) is 5.72. The Kier molecular flexibility index (Phi) is 4.03. The predicted molar refractivity (Wildman–Crippen MR) is 102 cm³/mol. The van der Waals surface area contributed by atoms with E-state index in [-0.39, 0.29) is 0 Å². The van der Waals surface area contributed by atoms with Gasteiger partial charge in [0.1, 0.15) is 0 Å². The largest absolute Gasteiger partial charge is 0.397 e. The molecule has 132 valence electrons. The number of rotatable bonds is 3. The highest BCUT2D eigenvalue weighted by atomic mass is 15.1. The molecule has 0 spiro atoms. The summed E-state index contributed by atoms with van der Waals surface area (Å²) in [5.74, 6) is 3.51. The van der Waals surface area contributed by atoms with Crippen LogP contribution in [-0.2, 0) is 0 Å². The van der Waals surface area contributed by atoms with Crippen LogP contribution in [-0.4, -0.2) is 24.5 Å². The van der Waals surface area contributed by atoms with E-state index in [1.165, 1.54) is 57.3 Å². The van der Waals surface area contributed by atoms with Gasteiger partial charge in [-0.2, -0.15) is 0 Å². The Morgan fingerprint density at radius 3 is 2.33 bits per heavy atom. The monoisotopic (exact) mass is 327 g/mol. The minimum atomic E-state index is 0.587. The number of hydrogen-bond donors (Lipinski definition) is 2. The SMILES string of the molecule is CC1(C)[C@@H]2CC(CN3CCC(c4cccc(N)c4N)CC3)C[C@H]1C2. The molecule has 0 amide bonds. The molecule has 4 aliphatic rings. The van der Waals surface area contributed by atoms with Crippen molar-refractivity contribution in [2.24, 2.45) is 23.2 Å². The Morgan fingerprint density at radius 2 is 1.71 bits per heavy atom. The number of nitrogens with two attached hydrogens (primary N) is 2. The van der Waals surface area contributed by atoms with E-state index in [1.54, 1.807) is 0 Å². The van der Waals surface area contributed by atoms with E-state index >= 15 is 0 Å². The van der Waals surface area contributed by atoms with Crippen LogP contribution in [0, 0.1) is 23.2 Å². The standard InChI is InChI=1S/C21H33N3/c1-21(2)16-10-14(11-17(21)12-16)13-24-8-6-15(7-9-24)18-4-3-5-19(22)20(18)23/h3-5,14-17H,6-13,22-23H2,1-2H3/t14?,16-,17+. The van der Waals surface area contributed by atoms with E-state index in [9.17, 15) is 0 Å². The van der Waals surface area contributed by atoms with Gasteiger partial charge < -0.3 is 16.4 Å². The zero-order valence-electron chi connectivity index (χ0n) is 15.3. The molecule has 3 atom stereocenters. The van der Waals surface area contributed by atoms with Crippen LogP contribution in [0.1, 0.15) is 57.4 Å². The first kappa shape index (κ1) is 16.3. The van der Waals surface area contributed by atoms with Crippen LogP contribution in [0.2, 0.25) is 0 Å². The van der Waals surface area contributed by atoms with E-state index in [2.05, 4.69) is 24.8 Å². The van der Waals surface area contributed by atoms with Gasteiger partial charge in [0.25, 0.3) is 0 Å². The molecule has 1 saturated heterocycles. The topological polar surface area (TPSA) is 55.3 Å². The summed E-state index contributed by atoms with van der Waals surface area (Å²) in [6, 6.07) is 6.12. The molecular weight excluding hydrogens is 294 g/mol. The molecular formula is C21H33N3. The summed E-state index contributed by atoms with van der Waals surface area (Å²) >= 11 is 0. The maximum absolute atomic E-state index is 6.20. The molecule has 0 radical (unpaired) electrons. The van der Waals surface area contributed by atoms with Crippen molar-refractivity contribution in [3.05, 3.63) is 23.8 Å². The first-order valence-electron chi connectivity index (χ1n) is 9.81. The van der Waals surface area contributed by atoms with E-state index < -0.39 is 0 Å². The Bertz CT molecular complexity index is 587. The number of benzene rings is 1. The highest BCUT2D eigenvalue weighted by Gasteiger charge is 2.52. The molecule has 24 heavy (non-hydrogen) atoms. The number of hydrogen-bond acceptors (Lipinski definition) is 3. The van der Waals surface area contributed by atoms with Gasteiger partial charge in [0.2, 0.25) is 0 Å². The third kappa shape index (κ3) is 2.71. The molecule has 4 fully saturated rings. The summed E-state index contributed by atoms with van der Waals surface area (Å²) < 4.78 is 0. The second-order valence-corrected chi connectivity index (χ2v) is 9.21. The highest BCUT2D eigenvalue weighted by Crippen LogP contribution is 2.60. The molecule has 5 rings (SSSR count). The molecule has 1 aromatic rings. The van der Waals surface area contributed by atoms with Crippen molar-refractivity contribution in [2.45, 2.75) is 51.9 Å². The van der Waals surface area contributed by atoms with Gasteiger partial charge in [0.15, 0.2) is 0 Å². The van der Waals surface area contributed by atoms with Crippen LogP contribution in [0.15, 0.2) is 18.2 Å². The van der Waals surface area contributed by atoms with Gasteiger partial charge in [0.05, 0.1) is 11.4 Å². The molecule has 3 aliphatic carbocycles. The maximum atomic E-state index is 6.20. The molecule has 2 bridgehead atoms. The first-order valence-corrected chi connectivity index (χ1v) is 9.81. The quantitative estimate of drug-likeness (QED) is 0.822. The summed E-state index contributed by atoms with van der Waals surface area (Å²) in [4.78, 5) is 2.71. The molecule has 0 aromatic heterocycles. The molecule has 1 heterocycles.